The second kappa shape index (κ2) is 6.88. The number of hydrogen-bond donors (Lipinski definition) is 0. The minimum absolute atomic E-state index is 0.282. The Morgan fingerprint density at radius 2 is 1.78 bits per heavy atom. The van der Waals surface area contributed by atoms with Gasteiger partial charge in [0.15, 0.2) is 0 Å². The van der Waals surface area contributed by atoms with Gasteiger partial charge in [-0.25, -0.2) is 8.78 Å². The van der Waals surface area contributed by atoms with Crippen LogP contribution in [-0.4, -0.2) is 7.11 Å². The standard InChI is InChI=1S/C19H21ClF2O/c1-19(2,3)18(22)16-9-12(11-20)5-7-14(16)15-10-13(23-4)6-8-17(15)21/h5-10,18H,11H2,1-4H3/t18-/m0/s1. The van der Waals surface area contributed by atoms with E-state index < -0.39 is 17.4 Å². The summed E-state index contributed by atoms with van der Waals surface area (Å²) >= 11 is 5.88. The Labute approximate surface area is 141 Å². The average molecular weight is 339 g/mol. The van der Waals surface area contributed by atoms with E-state index in [2.05, 4.69) is 0 Å². The van der Waals surface area contributed by atoms with Crippen molar-refractivity contribution in [2.24, 2.45) is 5.41 Å². The lowest BCUT2D eigenvalue weighted by atomic mass is 9.82. The van der Waals surface area contributed by atoms with Crippen LogP contribution in [0.1, 0.15) is 38.1 Å². The number of alkyl halides is 2. The van der Waals surface area contributed by atoms with E-state index >= 15 is 4.39 Å². The molecule has 0 saturated heterocycles. The van der Waals surface area contributed by atoms with Crippen LogP contribution < -0.4 is 4.74 Å². The van der Waals surface area contributed by atoms with Gasteiger partial charge in [0.2, 0.25) is 0 Å². The van der Waals surface area contributed by atoms with Gasteiger partial charge in [-0.15, -0.1) is 11.6 Å². The van der Waals surface area contributed by atoms with E-state index in [0.29, 0.717) is 22.4 Å². The number of ether oxygens (including phenoxy) is 1. The molecular weight excluding hydrogens is 318 g/mol. The lowest BCUT2D eigenvalue weighted by Gasteiger charge is -2.26. The van der Waals surface area contributed by atoms with Gasteiger partial charge >= 0.3 is 0 Å². The number of rotatable bonds is 4. The average Bonchev–Trinajstić information content (AvgIpc) is 2.53. The zero-order valence-electron chi connectivity index (χ0n) is 13.8. The molecule has 1 nitrogen and oxygen atoms in total. The third kappa shape index (κ3) is 3.84. The van der Waals surface area contributed by atoms with Gasteiger partial charge in [-0.2, -0.15) is 0 Å². The summed E-state index contributed by atoms with van der Waals surface area (Å²) in [5.41, 5.74) is 1.50. The van der Waals surface area contributed by atoms with Crippen molar-refractivity contribution < 1.29 is 13.5 Å². The Balaban J connectivity index is 2.67. The minimum atomic E-state index is -1.24. The van der Waals surface area contributed by atoms with Crippen LogP contribution >= 0.6 is 11.6 Å². The maximum absolute atomic E-state index is 15.0. The predicted molar refractivity (Wildman–Crippen MR) is 91.2 cm³/mol. The third-order valence-corrected chi connectivity index (χ3v) is 4.08. The summed E-state index contributed by atoms with van der Waals surface area (Å²) in [6.07, 6.45) is -1.24. The third-order valence-electron chi connectivity index (χ3n) is 3.77. The van der Waals surface area contributed by atoms with Crippen LogP contribution in [-0.2, 0) is 5.88 Å². The van der Waals surface area contributed by atoms with Crippen LogP contribution in [0.2, 0.25) is 0 Å². The number of methoxy groups -OCH3 is 1. The van der Waals surface area contributed by atoms with Crippen molar-refractivity contribution in [1.29, 1.82) is 0 Å². The van der Waals surface area contributed by atoms with Crippen LogP contribution in [0.15, 0.2) is 36.4 Å². The molecule has 2 aromatic carbocycles. The van der Waals surface area contributed by atoms with Crippen LogP contribution in [0.4, 0.5) is 8.78 Å². The summed E-state index contributed by atoms with van der Waals surface area (Å²) in [5, 5.41) is 0. The molecule has 23 heavy (non-hydrogen) atoms. The summed E-state index contributed by atoms with van der Waals surface area (Å²) in [7, 11) is 1.52. The lowest BCUT2D eigenvalue weighted by molar-refractivity contribution is 0.165. The summed E-state index contributed by atoms with van der Waals surface area (Å²) in [4.78, 5) is 0. The normalized spacial score (nSPS) is 13.0. The fourth-order valence-corrected chi connectivity index (χ4v) is 2.62. The van der Waals surface area contributed by atoms with Gasteiger partial charge in [-0.05, 0) is 40.3 Å². The van der Waals surface area contributed by atoms with Crippen molar-refractivity contribution in [3.8, 4) is 16.9 Å². The Kier molecular flexibility index (Phi) is 5.30. The molecule has 0 saturated carbocycles. The van der Waals surface area contributed by atoms with Crippen molar-refractivity contribution in [2.75, 3.05) is 7.11 Å². The van der Waals surface area contributed by atoms with Crippen LogP contribution in [0, 0.1) is 11.2 Å². The maximum Gasteiger partial charge on any atom is 0.131 e. The molecule has 0 radical (unpaired) electrons. The summed E-state index contributed by atoms with van der Waals surface area (Å²) in [6.45, 7) is 5.45. The molecule has 2 aromatic rings. The predicted octanol–water partition coefficient (Wildman–Crippen LogP) is 6.30. The number of halogens is 3. The van der Waals surface area contributed by atoms with Gasteiger partial charge < -0.3 is 4.74 Å². The highest BCUT2D eigenvalue weighted by atomic mass is 35.5. The van der Waals surface area contributed by atoms with E-state index in [1.165, 1.54) is 13.2 Å². The zero-order valence-corrected chi connectivity index (χ0v) is 14.5. The minimum Gasteiger partial charge on any atom is -0.497 e. The molecular formula is C19H21ClF2O. The van der Waals surface area contributed by atoms with Crippen molar-refractivity contribution >= 4 is 11.6 Å². The van der Waals surface area contributed by atoms with E-state index in [4.69, 9.17) is 16.3 Å². The van der Waals surface area contributed by atoms with Crippen molar-refractivity contribution in [3.63, 3.8) is 0 Å². The fourth-order valence-electron chi connectivity index (χ4n) is 2.45. The lowest BCUT2D eigenvalue weighted by Crippen LogP contribution is -2.15. The van der Waals surface area contributed by atoms with E-state index in [1.807, 2.05) is 20.8 Å². The first-order valence-corrected chi connectivity index (χ1v) is 7.98. The van der Waals surface area contributed by atoms with E-state index in [0.717, 1.165) is 5.56 Å². The SMILES string of the molecule is COc1ccc(F)c(-c2ccc(CCl)cc2[C@H](F)C(C)(C)C)c1. The summed E-state index contributed by atoms with van der Waals surface area (Å²) < 4.78 is 34.5. The Morgan fingerprint density at radius 1 is 1.09 bits per heavy atom. The Bertz CT molecular complexity index is 692. The van der Waals surface area contributed by atoms with Crippen molar-refractivity contribution in [3.05, 3.63) is 53.3 Å². The molecule has 0 aliphatic carbocycles. The highest BCUT2D eigenvalue weighted by molar-refractivity contribution is 6.17. The monoisotopic (exact) mass is 338 g/mol. The Hall–Kier alpha value is -1.61. The summed E-state index contributed by atoms with van der Waals surface area (Å²) in [6, 6.07) is 9.70. The molecule has 0 aliphatic heterocycles. The maximum atomic E-state index is 15.0. The van der Waals surface area contributed by atoms with Crippen molar-refractivity contribution in [1.82, 2.24) is 0 Å². The second-order valence-corrected chi connectivity index (χ2v) is 6.90. The molecule has 0 unspecified atom stereocenters. The highest BCUT2D eigenvalue weighted by Gasteiger charge is 2.29. The first-order valence-electron chi connectivity index (χ1n) is 7.44. The molecule has 0 heterocycles. The Morgan fingerprint density at radius 3 is 2.35 bits per heavy atom. The molecule has 4 heteroatoms. The van der Waals surface area contributed by atoms with Crippen LogP contribution in [0.3, 0.4) is 0 Å². The molecule has 0 aliphatic rings. The quantitative estimate of drug-likeness (QED) is 0.595. The highest BCUT2D eigenvalue weighted by Crippen LogP contribution is 2.42. The van der Waals surface area contributed by atoms with Gasteiger partial charge in [0.05, 0.1) is 7.11 Å². The fraction of sp³-hybridized carbons (Fsp3) is 0.368. The van der Waals surface area contributed by atoms with Gasteiger partial charge in [-0.1, -0.05) is 39.0 Å². The van der Waals surface area contributed by atoms with Gasteiger partial charge in [0, 0.05) is 11.4 Å². The molecule has 0 spiro atoms. The van der Waals surface area contributed by atoms with Gasteiger partial charge in [0.25, 0.3) is 0 Å². The molecule has 0 fully saturated rings. The topological polar surface area (TPSA) is 9.23 Å². The van der Waals surface area contributed by atoms with E-state index in [9.17, 15) is 4.39 Å². The van der Waals surface area contributed by atoms with Crippen LogP contribution in [0.5, 0.6) is 5.75 Å². The number of hydrogen-bond acceptors (Lipinski definition) is 1. The van der Waals surface area contributed by atoms with E-state index in [1.54, 1.807) is 30.3 Å². The van der Waals surface area contributed by atoms with Crippen LogP contribution in [0.25, 0.3) is 11.1 Å². The second-order valence-electron chi connectivity index (χ2n) is 6.63. The van der Waals surface area contributed by atoms with Gasteiger partial charge in [-0.3, -0.25) is 0 Å². The molecule has 0 bridgehead atoms. The first kappa shape index (κ1) is 17.7. The molecule has 2 rings (SSSR count). The summed E-state index contributed by atoms with van der Waals surface area (Å²) in [5.74, 6) is 0.400. The van der Waals surface area contributed by atoms with Crippen molar-refractivity contribution in [2.45, 2.75) is 32.8 Å². The van der Waals surface area contributed by atoms with E-state index in [-0.39, 0.29) is 5.88 Å². The molecule has 1 atom stereocenters. The zero-order chi connectivity index (χ0) is 17.2. The smallest absolute Gasteiger partial charge is 0.131 e. The van der Waals surface area contributed by atoms with Gasteiger partial charge in [0.1, 0.15) is 17.7 Å². The largest absolute Gasteiger partial charge is 0.497 e. The molecule has 0 amide bonds. The molecule has 124 valence electrons. The first-order chi connectivity index (χ1) is 10.8. The molecule has 0 aromatic heterocycles. The number of benzene rings is 2. The molecule has 0 N–H and O–H groups in total.